The van der Waals surface area contributed by atoms with E-state index >= 15 is 0 Å². The number of hydrogen-bond donors (Lipinski definition) is 0. The van der Waals surface area contributed by atoms with E-state index in [9.17, 15) is 0 Å². The largest absolute Gasteiger partial charge is 0.311 e. The summed E-state index contributed by atoms with van der Waals surface area (Å²) < 4.78 is 0. The second kappa shape index (κ2) is 16.5. The molecule has 0 N–H and O–H groups in total. The van der Waals surface area contributed by atoms with E-state index in [0.717, 1.165) is 50.3 Å². The van der Waals surface area contributed by atoms with Crippen LogP contribution in [-0.4, -0.2) is 4.98 Å². The number of hydrogen-bond acceptors (Lipinski definition) is 2. The molecule has 2 nitrogen and oxygen atoms in total. The molecule has 2 aliphatic rings. The Morgan fingerprint density at radius 1 is 0.282 bits per heavy atom. The molecule has 338 valence electrons. The first-order valence-corrected chi connectivity index (χ1v) is 24.8. The van der Waals surface area contributed by atoms with Crippen molar-refractivity contribution >= 4 is 28.0 Å². The van der Waals surface area contributed by atoms with Gasteiger partial charge in [0.15, 0.2) is 0 Å². The van der Waals surface area contributed by atoms with E-state index in [1.165, 1.54) is 77.9 Å². The van der Waals surface area contributed by atoms with Gasteiger partial charge in [-0.3, -0.25) is 0 Å². The second-order valence-corrected chi connectivity index (χ2v) is 20.4. The SMILES string of the molecule is CC1(C)c2ccccc2-c2ccc(-c3ccc(N(c4ccc(-c5ccccc5)cc4)c4ccc(-c5cc6ccccc6nc5-c5cccc(-c6ccc7c(c6)C(C)(C)c6ccccc6-7)c5)cc4)cc3)cc21. The summed E-state index contributed by atoms with van der Waals surface area (Å²) in [5.74, 6) is 0. The highest BCUT2D eigenvalue weighted by Crippen LogP contribution is 2.51. The summed E-state index contributed by atoms with van der Waals surface area (Å²) in [6.07, 6.45) is 0. The molecule has 0 radical (unpaired) electrons. The van der Waals surface area contributed by atoms with Crippen LogP contribution in [0.2, 0.25) is 0 Å². The molecule has 0 unspecified atom stereocenters. The van der Waals surface area contributed by atoms with Gasteiger partial charge in [0.25, 0.3) is 0 Å². The Bertz CT molecular complexity index is 3840. The second-order valence-electron chi connectivity index (χ2n) is 20.4. The van der Waals surface area contributed by atoms with Gasteiger partial charge in [0.05, 0.1) is 11.2 Å². The number of aromatic nitrogens is 1. The van der Waals surface area contributed by atoms with Crippen LogP contribution in [-0.2, 0) is 10.8 Å². The summed E-state index contributed by atoms with van der Waals surface area (Å²) >= 11 is 0. The zero-order chi connectivity index (χ0) is 47.8. The van der Waals surface area contributed by atoms with E-state index in [2.05, 4.69) is 275 Å². The fraction of sp³-hybridized carbons (Fsp3) is 0.0870. The average molecular weight is 909 g/mol. The monoisotopic (exact) mass is 908 g/mol. The van der Waals surface area contributed by atoms with Crippen LogP contribution < -0.4 is 4.90 Å². The fourth-order valence-electron chi connectivity index (χ4n) is 11.6. The van der Waals surface area contributed by atoms with E-state index in [0.29, 0.717) is 0 Å². The fourth-order valence-corrected chi connectivity index (χ4v) is 11.6. The van der Waals surface area contributed by atoms with Crippen molar-refractivity contribution in [1.29, 1.82) is 0 Å². The van der Waals surface area contributed by atoms with E-state index < -0.39 is 0 Å². The first-order valence-electron chi connectivity index (χ1n) is 24.8. The molecular formula is C69H52N2. The number of nitrogens with zero attached hydrogens (tertiary/aromatic N) is 2. The Labute approximate surface area is 417 Å². The van der Waals surface area contributed by atoms with Gasteiger partial charge in [-0.2, -0.15) is 0 Å². The van der Waals surface area contributed by atoms with E-state index in [-0.39, 0.29) is 10.8 Å². The van der Waals surface area contributed by atoms with Gasteiger partial charge in [-0.15, -0.1) is 0 Å². The minimum Gasteiger partial charge on any atom is -0.311 e. The molecule has 2 heteroatoms. The van der Waals surface area contributed by atoms with Crippen LogP contribution in [0.15, 0.2) is 243 Å². The van der Waals surface area contributed by atoms with Crippen LogP contribution in [0.1, 0.15) is 49.9 Å². The molecule has 71 heavy (non-hydrogen) atoms. The maximum Gasteiger partial charge on any atom is 0.0788 e. The molecule has 0 spiro atoms. The quantitative estimate of drug-likeness (QED) is 0.151. The number of benzene rings is 10. The van der Waals surface area contributed by atoms with Crippen LogP contribution in [0.3, 0.4) is 0 Å². The summed E-state index contributed by atoms with van der Waals surface area (Å²) in [5.41, 5.74) is 26.5. The number of anilines is 3. The third-order valence-electron chi connectivity index (χ3n) is 15.5. The predicted octanol–water partition coefficient (Wildman–Crippen LogP) is 18.7. The zero-order valence-corrected chi connectivity index (χ0v) is 40.5. The lowest BCUT2D eigenvalue weighted by Crippen LogP contribution is -2.14. The summed E-state index contributed by atoms with van der Waals surface area (Å²) in [6.45, 7) is 9.39. The van der Waals surface area contributed by atoms with E-state index in [1.807, 2.05) is 0 Å². The number of rotatable bonds is 8. The van der Waals surface area contributed by atoms with Gasteiger partial charge in [-0.25, -0.2) is 4.98 Å². The maximum absolute atomic E-state index is 5.41. The molecule has 0 fully saturated rings. The molecule has 1 heterocycles. The van der Waals surface area contributed by atoms with Crippen LogP contribution >= 0.6 is 0 Å². The molecule has 10 aromatic carbocycles. The zero-order valence-electron chi connectivity index (χ0n) is 40.5. The van der Waals surface area contributed by atoms with Gasteiger partial charge in [-0.1, -0.05) is 204 Å². The number of fused-ring (bicyclic) bond motifs is 7. The van der Waals surface area contributed by atoms with Crippen molar-refractivity contribution in [3.8, 4) is 78.0 Å². The average Bonchev–Trinajstić information content (AvgIpc) is 3.80. The molecule has 0 bridgehead atoms. The van der Waals surface area contributed by atoms with E-state index in [1.54, 1.807) is 0 Å². The van der Waals surface area contributed by atoms with Crippen LogP contribution in [0.25, 0.3) is 88.9 Å². The summed E-state index contributed by atoms with van der Waals surface area (Å²) in [5, 5.41) is 1.11. The van der Waals surface area contributed by atoms with Gasteiger partial charge in [-0.05, 0) is 150 Å². The minimum absolute atomic E-state index is 0.0570. The maximum atomic E-state index is 5.41. The van der Waals surface area contributed by atoms with Crippen LogP contribution in [0.5, 0.6) is 0 Å². The summed E-state index contributed by atoms with van der Waals surface area (Å²) in [7, 11) is 0. The van der Waals surface area contributed by atoms with Gasteiger partial charge in [0.2, 0.25) is 0 Å². The molecule has 0 atom stereocenters. The number of para-hydroxylation sites is 1. The van der Waals surface area contributed by atoms with Crippen molar-refractivity contribution in [2.45, 2.75) is 38.5 Å². The van der Waals surface area contributed by atoms with E-state index in [4.69, 9.17) is 4.98 Å². The lowest BCUT2D eigenvalue weighted by Gasteiger charge is -2.26. The lowest BCUT2D eigenvalue weighted by atomic mass is 9.81. The molecule has 13 rings (SSSR count). The van der Waals surface area contributed by atoms with Crippen LogP contribution in [0, 0.1) is 0 Å². The van der Waals surface area contributed by atoms with Gasteiger partial charge in [0.1, 0.15) is 0 Å². The molecule has 0 saturated heterocycles. The summed E-state index contributed by atoms with van der Waals surface area (Å²) in [6, 6.07) is 89.1. The van der Waals surface area contributed by atoms with Crippen LogP contribution in [0.4, 0.5) is 17.1 Å². The smallest absolute Gasteiger partial charge is 0.0788 e. The Kier molecular flexibility index (Phi) is 9.90. The van der Waals surface area contributed by atoms with Crippen molar-refractivity contribution < 1.29 is 0 Å². The Morgan fingerprint density at radius 2 is 0.690 bits per heavy atom. The Hall–Kier alpha value is -8.59. The van der Waals surface area contributed by atoms with Gasteiger partial charge < -0.3 is 4.90 Å². The normalized spacial score (nSPS) is 13.6. The number of pyridine rings is 1. The summed E-state index contributed by atoms with van der Waals surface area (Å²) in [4.78, 5) is 7.78. The molecule has 0 saturated carbocycles. The first kappa shape index (κ1) is 42.5. The highest BCUT2D eigenvalue weighted by atomic mass is 15.1. The Morgan fingerprint density at radius 3 is 1.28 bits per heavy atom. The van der Waals surface area contributed by atoms with Gasteiger partial charge in [0, 0.05) is 44.4 Å². The lowest BCUT2D eigenvalue weighted by molar-refractivity contribution is 0.660. The molecule has 0 amide bonds. The van der Waals surface area contributed by atoms with Crippen molar-refractivity contribution in [1.82, 2.24) is 4.98 Å². The van der Waals surface area contributed by atoms with Crippen molar-refractivity contribution in [3.63, 3.8) is 0 Å². The molecule has 0 aliphatic heterocycles. The van der Waals surface area contributed by atoms with Crippen molar-refractivity contribution in [3.05, 3.63) is 265 Å². The van der Waals surface area contributed by atoms with Crippen molar-refractivity contribution in [2.75, 3.05) is 4.90 Å². The predicted molar refractivity (Wildman–Crippen MR) is 299 cm³/mol. The highest BCUT2D eigenvalue weighted by Gasteiger charge is 2.36. The standard InChI is InChI=1S/C69H52N2/c1-68(2)62-22-11-9-20-57(62)59-39-31-50(43-64(59)68)47-27-35-55(36-28-47)71(54-33-25-46(26-34-54)45-15-6-5-7-16-45)56-37-29-48(30-38-56)61-42-52-17-8-13-24-66(52)70-67(61)53-19-14-18-49(41-53)51-32-40-60-58-21-10-12-23-63(58)69(3,4)65(60)44-51/h5-44H,1-4H3. The molecule has 2 aliphatic carbocycles. The first-order chi connectivity index (χ1) is 34.7. The van der Waals surface area contributed by atoms with Crippen molar-refractivity contribution in [2.24, 2.45) is 0 Å². The molecule has 11 aromatic rings. The topological polar surface area (TPSA) is 16.1 Å². The molecular weight excluding hydrogens is 857 g/mol. The molecule has 1 aromatic heterocycles. The van der Waals surface area contributed by atoms with Gasteiger partial charge >= 0.3 is 0 Å². The third kappa shape index (κ3) is 7.13. The third-order valence-corrected chi connectivity index (χ3v) is 15.5. The Balaban J connectivity index is 0.871. The minimum atomic E-state index is -0.0719. The highest BCUT2D eigenvalue weighted by molar-refractivity contribution is 5.94.